The van der Waals surface area contributed by atoms with Gasteiger partial charge in [0.05, 0.1) is 22.5 Å². The zero-order valence-corrected chi connectivity index (χ0v) is 15.5. The van der Waals surface area contributed by atoms with Gasteiger partial charge < -0.3 is 10.2 Å². The molecule has 0 spiro atoms. The maximum Gasteiger partial charge on any atom is 0.228 e. The Morgan fingerprint density at radius 1 is 1.38 bits per heavy atom. The smallest absolute Gasteiger partial charge is 0.228 e. The normalized spacial score (nSPS) is 25.0. The summed E-state index contributed by atoms with van der Waals surface area (Å²) in [5, 5.41) is 6.15. The molecule has 1 saturated heterocycles. The minimum atomic E-state index is -0.464. The molecule has 2 aliphatic rings. The molecule has 6 heteroatoms. The van der Waals surface area contributed by atoms with Crippen molar-refractivity contribution in [3.05, 3.63) is 16.1 Å². The van der Waals surface area contributed by atoms with Crippen molar-refractivity contribution in [2.45, 2.75) is 64.8 Å². The molecule has 1 atom stereocenters. The Labute approximate surface area is 147 Å². The van der Waals surface area contributed by atoms with Gasteiger partial charge in [0.25, 0.3) is 0 Å². The van der Waals surface area contributed by atoms with Crippen molar-refractivity contribution in [2.75, 3.05) is 13.1 Å². The maximum absolute atomic E-state index is 12.7. The molecule has 1 aromatic rings. The second-order valence-electron chi connectivity index (χ2n) is 7.47. The highest BCUT2D eigenvalue weighted by Crippen LogP contribution is 2.31. The van der Waals surface area contributed by atoms with E-state index >= 15 is 0 Å². The van der Waals surface area contributed by atoms with Crippen molar-refractivity contribution in [3.63, 3.8) is 0 Å². The Hall–Kier alpha value is -1.43. The number of carbonyl (C=O) groups is 2. The molecule has 0 aromatic carbocycles. The first-order chi connectivity index (χ1) is 11.5. The minimum Gasteiger partial charge on any atom is -0.353 e. The van der Waals surface area contributed by atoms with Gasteiger partial charge in [0.2, 0.25) is 11.8 Å². The molecule has 0 radical (unpaired) electrons. The van der Waals surface area contributed by atoms with Gasteiger partial charge >= 0.3 is 0 Å². The molecule has 132 valence electrons. The summed E-state index contributed by atoms with van der Waals surface area (Å²) in [4.78, 5) is 31.6. The van der Waals surface area contributed by atoms with E-state index in [4.69, 9.17) is 0 Å². The molecule has 1 aliphatic heterocycles. The molecular weight excluding hydrogens is 322 g/mol. The van der Waals surface area contributed by atoms with Crippen molar-refractivity contribution in [2.24, 2.45) is 5.41 Å². The molecule has 1 saturated carbocycles. The molecule has 1 aromatic heterocycles. The van der Waals surface area contributed by atoms with E-state index in [1.165, 1.54) is 12.8 Å². The summed E-state index contributed by atoms with van der Waals surface area (Å²) >= 11 is 1.57. The largest absolute Gasteiger partial charge is 0.353 e. The van der Waals surface area contributed by atoms with E-state index in [2.05, 4.69) is 10.3 Å². The van der Waals surface area contributed by atoms with Gasteiger partial charge in [-0.2, -0.15) is 0 Å². The predicted molar refractivity (Wildman–Crippen MR) is 94.9 cm³/mol. The Morgan fingerprint density at radius 3 is 2.79 bits per heavy atom. The zero-order valence-electron chi connectivity index (χ0n) is 14.6. The molecule has 0 bridgehead atoms. The lowest BCUT2D eigenvalue weighted by Crippen LogP contribution is -2.53. The number of piperidine rings is 1. The van der Waals surface area contributed by atoms with Crippen molar-refractivity contribution in [1.82, 2.24) is 15.2 Å². The lowest BCUT2D eigenvalue weighted by molar-refractivity contribution is -0.140. The van der Waals surface area contributed by atoms with Crippen LogP contribution < -0.4 is 5.32 Å². The van der Waals surface area contributed by atoms with Crippen LogP contribution in [0, 0.1) is 12.3 Å². The van der Waals surface area contributed by atoms with E-state index in [0.717, 1.165) is 42.9 Å². The van der Waals surface area contributed by atoms with Gasteiger partial charge in [0.1, 0.15) is 0 Å². The summed E-state index contributed by atoms with van der Waals surface area (Å²) in [5.41, 5.74) is 0.374. The average Bonchev–Trinajstić information content (AvgIpc) is 3.19. The van der Waals surface area contributed by atoms with Gasteiger partial charge in [-0.25, -0.2) is 4.98 Å². The molecule has 1 aliphatic carbocycles. The molecule has 0 unspecified atom stereocenters. The predicted octanol–water partition coefficient (Wildman–Crippen LogP) is 2.68. The van der Waals surface area contributed by atoms with Gasteiger partial charge in [0.15, 0.2) is 0 Å². The zero-order chi connectivity index (χ0) is 17.2. The van der Waals surface area contributed by atoms with E-state index in [1.807, 2.05) is 24.1 Å². The van der Waals surface area contributed by atoms with E-state index < -0.39 is 5.41 Å². The van der Waals surface area contributed by atoms with E-state index in [1.54, 1.807) is 11.3 Å². The number of hydrogen-bond donors (Lipinski definition) is 1. The summed E-state index contributed by atoms with van der Waals surface area (Å²) < 4.78 is 0. The molecular formula is C18H27N3O2S. The topological polar surface area (TPSA) is 62.3 Å². The fourth-order valence-corrected chi connectivity index (χ4v) is 4.44. The Morgan fingerprint density at radius 2 is 2.12 bits per heavy atom. The Bertz CT molecular complexity index is 609. The summed E-state index contributed by atoms with van der Waals surface area (Å²) in [6.07, 6.45) is 6.67. The number of aromatic nitrogens is 1. The van der Waals surface area contributed by atoms with Gasteiger partial charge in [-0.05, 0) is 39.5 Å². The third-order valence-electron chi connectivity index (χ3n) is 5.29. The van der Waals surface area contributed by atoms with E-state index in [0.29, 0.717) is 19.0 Å². The third-order valence-corrected chi connectivity index (χ3v) is 6.11. The number of carbonyl (C=O) groups excluding carboxylic acids is 2. The highest BCUT2D eigenvalue weighted by Gasteiger charge is 2.40. The van der Waals surface area contributed by atoms with Crippen LogP contribution in [0.25, 0.3) is 0 Å². The second kappa shape index (κ2) is 7.21. The molecule has 3 rings (SSSR count). The van der Waals surface area contributed by atoms with E-state index in [-0.39, 0.29) is 11.8 Å². The number of rotatable bonds is 4. The van der Waals surface area contributed by atoms with Crippen LogP contribution in [0.5, 0.6) is 0 Å². The number of nitrogens with zero attached hydrogens (tertiary/aromatic N) is 2. The first-order valence-corrected chi connectivity index (χ1v) is 9.84. The molecule has 24 heavy (non-hydrogen) atoms. The third kappa shape index (κ3) is 3.97. The molecule has 2 fully saturated rings. The van der Waals surface area contributed by atoms with Crippen molar-refractivity contribution >= 4 is 23.2 Å². The SMILES string of the molecule is Cc1nc(CC(=O)N2CCC[C@](C)(C(=O)NC3CCCC3)C2)cs1. The quantitative estimate of drug-likeness (QED) is 0.909. The number of nitrogens with one attached hydrogen (secondary N) is 1. The number of thiazole rings is 1. The van der Waals surface area contributed by atoms with E-state index in [9.17, 15) is 9.59 Å². The fourth-order valence-electron chi connectivity index (χ4n) is 3.82. The van der Waals surface area contributed by atoms with Crippen molar-refractivity contribution in [3.8, 4) is 0 Å². The van der Waals surface area contributed by atoms with Crippen LogP contribution in [-0.2, 0) is 16.0 Å². The maximum atomic E-state index is 12.7. The number of amides is 2. The molecule has 2 amide bonds. The van der Waals surface area contributed by atoms with Gasteiger partial charge in [-0.15, -0.1) is 11.3 Å². The molecule has 1 N–H and O–H groups in total. The lowest BCUT2D eigenvalue weighted by Gasteiger charge is -2.39. The highest BCUT2D eigenvalue weighted by atomic mass is 32.1. The summed E-state index contributed by atoms with van der Waals surface area (Å²) in [6, 6.07) is 0.332. The van der Waals surface area contributed by atoms with Crippen LogP contribution in [0.15, 0.2) is 5.38 Å². The van der Waals surface area contributed by atoms with Gasteiger partial charge in [-0.3, -0.25) is 9.59 Å². The first kappa shape index (κ1) is 17.4. The molecule has 5 nitrogen and oxygen atoms in total. The van der Waals surface area contributed by atoms with Crippen molar-refractivity contribution < 1.29 is 9.59 Å². The molecule has 2 heterocycles. The lowest BCUT2D eigenvalue weighted by atomic mass is 9.80. The number of hydrogen-bond acceptors (Lipinski definition) is 4. The van der Waals surface area contributed by atoms with Crippen molar-refractivity contribution in [1.29, 1.82) is 0 Å². The van der Waals surface area contributed by atoms with Gasteiger partial charge in [0, 0.05) is 24.5 Å². The first-order valence-electron chi connectivity index (χ1n) is 8.96. The average molecular weight is 350 g/mol. The number of likely N-dealkylation sites (tertiary alicyclic amines) is 1. The Balaban J connectivity index is 1.59. The highest BCUT2D eigenvalue weighted by molar-refractivity contribution is 7.09. The van der Waals surface area contributed by atoms with Crippen LogP contribution in [0.3, 0.4) is 0 Å². The number of aryl methyl sites for hydroxylation is 1. The summed E-state index contributed by atoms with van der Waals surface area (Å²) in [6.45, 7) is 5.22. The van der Waals surface area contributed by atoms with Crippen LogP contribution in [0.1, 0.15) is 56.2 Å². The minimum absolute atomic E-state index is 0.0832. The van der Waals surface area contributed by atoms with Crippen LogP contribution >= 0.6 is 11.3 Å². The summed E-state index contributed by atoms with van der Waals surface area (Å²) in [5.74, 6) is 0.205. The van der Waals surface area contributed by atoms with Crippen LogP contribution in [0.2, 0.25) is 0 Å². The standard InChI is InChI=1S/C18H27N3O2S/c1-13-19-15(11-24-13)10-16(22)21-9-5-8-18(2,12-21)17(23)20-14-6-3-4-7-14/h11,14H,3-10,12H2,1-2H3,(H,20,23)/t18-/m0/s1. The monoisotopic (exact) mass is 349 g/mol. The Kier molecular flexibility index (Phi) is 5.23. The van der Waals surface area contributed by atoms with Crippen LogP contribution in [-0.4, -0.2) is 40.8 Å². The van der Waals surface area contributed by atoms with Gasteiger partial charge in [-0.1, -0.05) is 12.8 Å². The fraction of sp³-hybridized carbons (Fsp3) is 0.722. The van der Waals surface area contributed by atoms with Crippen LogP contribution in [0.4, 0.5) is 0 Å². The second-order valence-corrected chi connectivity index (χ2v) is 8.53. The summed E-state index contributed by atoms with van der Waals surface area (Å²) in [7, 11) is 0.